The van der Waals surface area contributed by atoms with Crippen LogP contribution in [0.5, 0.6) is 0 Å². The van der Waals surface area contributed by atoms with Crippen LogP contribution in [-0.4, -0.2) is 47.4 Å². The van der Waals surface area contributed by atoms with Crippen molar-refractivity contribution in [2.24, 2.45) is 0 Å². The van der Waals surface area contributed by atoms with E-state index < -0.39 is 12.1 Å². The third-order valence-electron chi connectivity index (χ3n) is 14.6. The van der Waals surface area contributed by atoms with Gasteiger partial charge in [0.25, 0.3) is 0 Å². The lowest BCUT2D eigenvalue weighted by atomic mass is 10.0. The van der Waals surface area contributed by atoms with E-state index in [1.165, 1.54) is 263 Å². The van der Waals surface area contributed by atoms with Crippen LogP contribution in [0.25, 0.3) is 0 Å². The van der Waals surface area contributed by atoms with Crippen molar-refractivity contribution in [2.75, 3.05) is 13.2 Å². The first-order valence-electron chi connectivity index (χ1n) is 30.9. The molecule has 0 rings (SSSR count). The van der Waals surface area contributed by atoms with Gasteiger partial charge in [-0.05, 0) is 51.4 Å². The molecule has 3 N–H and O–H groups in total. The summed E-state index contributed by atoms with van der Waals surface area (Å²) in [7, 11) is 0. The van der Waals surface area contributed by atoms with E-state index in [-0.39, 0.29) is 18.5 Å². The van der Waals surface area contributed by atoms with Gasteiger partial charge < -0.3 is 20.3 Å². The fourth-order valence-corrected chi connectivity index (χ4v) is 9.81. The van der Waals surface area contributed by atoms with Gasteiger partial charge >= 0.3 is 5.97 Å². The summed E-state index contributed by atoms with van der Waals surface area (Å²) in [6.07, 6.45) is 69.3. The lowest BCUT2D eigenvalue weighted by Gasteiger charge is -2.22. The molecule has 0 spiro atoms. The number of unbranched alkanes of at least 4 members (excludes halogenated alkanes) is 45. The Hall–Kier alpha value is -1.40. The average molecular weight is 961 g/mol. The van der Waals surface area contributed by atoms with Gasteiger partial charge in [-0.15, -0.1) is 0 Å². The number of nitrogens with one attached hydrogen (secondary N) is 1. The molecular weight excluding hydrogens is 839 g/mol. The summed E-state index contributed by atoms with van der Waals surface area (Å²) in [6, 6.07) is -0.550. The van der Waals surface area contributed by atoms with Gasteiger partial charge in [-0.3, -0.25) is 9.59 Å². The topological polar surface area (TPSA) is 95.9 Å². The Morgan fingerprint density at radius 2 is 0.691 bits per heavy atom. The van der Waals surface area contributed by atoms with Crippen LogP contribution in [0.15, 0.2) is 12.2 Å². The van der Waals surface area contributed by atoms with E-state index >= 15 is 0 Å². The first-order chi connectivity index (χ1) is 33.5. The first kappa shape index (κ1) is 66.6. The largest absolute Gasteiger partial charge is 0.466 e. The first-order valence-corrected chi connectivity index (χ1v) is 30.9. The minimum atomic E-state index is -0.672. The second kappa shape index (κ2) is 58.2. The predicted molar refractivity (Wildman–Crippen MR) is 297 cm³/mol. The van der Waals surface area contributed by atoms with E-state index in [1.807, 2.05) is 0 Å². The maximum Gasteiger partial charge on any atom is 0.305 e. The molecule has 0 radical (unpaired) electrons. The highest BCUT2D eigenvalue weighted by molar-refractivity contribution is 5.76. The van der Waals surface area contributed by atoms with Crippen LogP contribution in [0.4, 0.5) is 0 Å². The van der Waals surface area contributed by atoms with Gasteiger partial charge in [0, 0.05) is 12.8 Å². The molecule has 0 aromatic heterocycles. The summed E-state index contributed by atoms with van der Waals surface area (Å²) < 4.78 is 5.48. The van der Waals surface area contributed by atoms with Crippen molar-refractivity contribution in [2.45, 2.75) is 360 Å². The Labute approximate surface area is 425 Å². The van der Waals surface area contributed by atoms with Gasteiger partial charge in [0.15, 0.2) is 0 Å². The van der Waals surface area contributed by atoms with Crippen LogP contribution >= 0.6 is 0 Å². The summed E-state index contributed by atoms with van der Waals surface area (Å²) in [6.45, 7) is 4.96. The van der Waals surface area contributed by atoms with E-state index in [9.17, 15) is 19.8 Å². The molecule has 0 aromatic rings. The van der Waals surface area contributed by atoms with Crippen molar-refractivity contribution >= 4 is 11.9 Å². The summed E-state index contributed by atoms with van der Waals surface area (Å²) >= 11 is 0. The minimum Gasteiger partial charge on any atom is -0.466 e. The summed E-state index contributed by atoms with van der Waals surface area (Å²) in [5.41, 5.74) is 0. The Kier molecular flexibility index (Phi) is 57.0. The number of rotatable bonds is 58. The lowest BCUT2D eigenvalue weighted by molar-refractivity contribution is -0.143. The number of amides is 1. The van der Waals surface area contributed by atoms with Crippen molar-refractivity contribution in [3.8, 4) is 0 Å². The zero-order valence-corrected chi connectivity index (χ0v) is 46.1. The van der Waals surface area contributed by atoms with Gasteiger partial charge in [0.2, 0.25) is 5.91 Å². The molecule has 0 fully saturated rings. The van der Waals surface area contributed by atoms with E-state index in [2.05, 4.69) is 31.3 Å². The average Bonchev–Trinajstić information content (AvgIpc) is 3.34. The second-order valence-electron chi connectivity index (χ2n) is 21.4. The Bertz CT molecular complexity index is 1020. The van der Waals surface area contributed by atoms with Crippen LogP contribution in [-0.2, 0) is 14.3 Å². The van der Waals surface area contributed by atoms with E-state index in [1.54, 1.807) is 0 Å². The second-order valence-corrected chi connectivity index (χ2v) is 21.4. The van der Waals surface area contributed by atoms with Crippen LogP contribution < -0.4 is 5.32 Å². The predicted octanol–water partition coefficient (Wildman–Crippen LogP) is 19.2. The van der Waals surface area contributed by atoms with E-state index in [0.717, 1.165) is 51.4 Å². The number of carbonyl (C=O) groups excluding carboxylic acids is 2. The molecule has 404 valence electrons. The van der Waals surface area contributed by atoms with Crippen LogP contribution in [0.3, 0.4) is 0 Å². The van der Waals surface area contributed by atoms with Gasteiger partial charge in [-0.2, -0.15) is 0 Å². The van der Waals surface area contributed by atoms with Crippen molar-refractivity contribution in [3.63, 3.8) is 0 Å². The molecule has 0 aromatic carbocycles. The highest BCUT2D eigenvalue weighted by Crippen LogP contribution is 2.18. The van der Waals surface area contributed by atoms with Crippen LogP contribution in [0.1, 0.15) is 348 Å². The maximum absolute atomic E-state index is 12.5. The minimum absolute atomic E-state index is 0.00255. The number of esters is 1. The molecule has 0 heterocycles. The van der Waals surface area contributed by atoms with E-state index in [4.69, 9.17) is 4.74 Å². The van der Waals surface area contributed by atoms with Crippen molar-refractivity contribution in [1.82, 2.24) is 5.32 Å². The Morgan fingerprint density at radius 1 is 0.397 bits per heavy atom. The molecule has 0 saturated heterocycles. The van der Waals surface area contributed by atoms with Crippen molar-refractivity contribution in [3.05, 3.63) is 12.2 Å². The lowest BCUT2D eigenvalue weighted by Crippen LogP contribution is -2.45. The molecule has 0 aliphatic carbocycles. The van der Waals surface area contributed by atoms with Gasteiger partial charge in [-0.1, -0.05) is 296 Å². The molecule has 0 aliphatic heterocycles. The molecule has 2 unspecified atom stereocenters. The standard InChI is InChI=1S/C62H121NO5/c1-3-5-7-9-11-13-15-17-19-21-23-26-30-34-38-42-46-50-54-60(65)59(58-64)63-61(66)55-51-47-43-39-35-31-27-24-22-25-29-33-37-41-45-49-53-57-68-62(67)56-52-48-44-40-36-32-28-20-18-16-14-12-10-8-6-4-2/h22,25,59-60,64-65H,3-21,23-24,26-58H2,1-2H3,(H,63,66)/b25-22-. The molecule has 6 heteroatoms. The number of hydrogen-bond acceptors (Lipinski definition) is 5. The summed E-state index contributed by atoms with van der Waals surface area (Å²) in [4.78, 5) is 24.6. The van der Waals surface area contributed by atoms with Crippen LogP contribution in [0, 0.1) is 0 Å². The zero-order chi connectivity index (χ0) is 49.3. The number of hydrogen-bond donors (Lipinski definition) is 3. The number of aliphatic hydroxyl groups excluding tert-OH is 2. The highest BCUT2D eigenvalue weighted by Gasteiger charge is 2.20. The highest BCUT2D eigenvalue weighted by atomic mass is 16.5. The number of ether oxygens (including phenoxy) is 1. The number of allylic oxidation sites excluding steroid dienone is 2. The smallest absolute Gasteiger partial charge is 0.305 e. The third kappa shape index (κ3) is 53.9. The zero-order valence-electron chi connectivity index (χ0n) is 46.1. The summed E-state index contributed by atoms with van der Waals surface area (Å²) in [5, 5.41) is 23.3. The monoisotopic (exact) mass is 960 g/mol. The number of aliphatic hydroxyl groups is 2. The molecule has 0 bridgehead atoms. The SMILES string of the molecule is CCCCCCCCCCCCCCCCCCCCC(O)C(CO)NC(=O)CCCCCCCCC/C=C\CCCCCCCCOC(=O)CCCCCCCCCCCCCCCCCC. The van der Waals surface area contributed by atoms with Gasteiger partial charge in [-0.25, -0.2) is 0 Å². The van der Waals surface area contributed by atoms with E-state index in [0.29, 0.717) is 25.9 Å². The molecular formula is C62H121NO5. The molecule has 2 atom stereocenters. The quantitative estimate of drug-likeness (QED) is 0.0321. The fourth-order valence-electron chi connectivity index (χ4n) is 9.81. The maximum atomic E-state index is 12.5. The fraction of sp³-hybridized carbons (Fsp3) is 0.935. The molecule has 0 saturated carbocycles. The molecule has 1 amide bonds. The molecule has 0 aliphatic rings. The van der Waals surface area contributed by atoms with Gasteiger partial charge in [0.05, 0.1) is 25.4 Å². The van der Waals surface area contributed by atoms with Crippen molar-refractivity contribution < 1.29 is 24.5 Å². The molecule has 6 nitrogen and oxygen atoms in total. The summed E-state index contributed by atoms with van der Waals surface area (Å²) in [5.74, 6) is -0.0411. The van der Waals surface area contributed by atoms with Crippen molar-refractivity contribution in [1.29, 1.82) is 0 Å². The van der Waals surface area contributed by atoms with Crippen LogP contribution in [0.2, 0.25) is 0 Å². The Morgan fingerprint density at radius 3 is 1.04 bits per heavy atom. The Balaban J connectivity index is 3.43. The molecule has 68 heavy (non-hydrogen) atoms. The van der Waals surface area contributed by atoms with Gasteiger partial charge in [0.1, 0.15) is 0 Å². The number of carbonyl (C=O) groups is 2. The third-order valence-corrected chi connectivity index (χ3v) is 14.6. The normalized spacial score (nSPS) is 12.6.